The Hall–Kier alpha value is -2.64. The largest absolute Gasteiger partial charge is 0.490 e. The molecule has 4 rings (SSSR count). The quantitative estimate of drug-likeness (QED) is 0.0706. The Kier molecular flexibility index (Phi) is 20.2. The molecule has 0 amide bonds. The highest BCUT2D eigenvalue weighted by Crippen LogP contribution is 2.33. The SMILES string of the molecule is CC(CCCCCCCCOc1ccc(OCC2CCC(C)CC2)c(F)c1F)CCCCCCCCOc1ccc(OCC2CCC(C)CC2)c(F)c1F. The molecule has 2 aromatic carbocycles. The second-order valence-electron chi connectivity index (χ2n) is 16.9. The highest BCUT2D eigenvalue weighted by molar-refractivity contribution is 5.36. The van der Waals surface area contributed by atoms with Crippen LogP contribution in [0, 0.1) is 52.9 Å². The molecule has 0 N–H and O–H groups in total. The summed E-state index contributed by atoms with van der Waals surface area (Å²) in [6.07, 6.45) is 24.8. The van der Waals surface area contributed by atoms with Gasteiger partial charge in [0.15, 0.2) is 23.0 Å². The van der Waals surface area contributed by atoms with Crippen molar-refractivity contribution >= 4 is 0 Å². The van der Waals surface area contributed by atoms with Crippen LogP contribution in [0.5, 0.6) is 23.0 Å². The Morgan fingerprint density at radius 2 is 0.741 bits per heavy atom. The molecule has 8 heteroatoms. The Morgan fingerprint density at radius 1 is 0.444 bits per heavy atom. The molecule has 0 unspecified atom stereocenters. The van der Waals surface area contributed by atoms with Crippen molar-refractivity contribution in [3.8, 4) is 23.0 Å². The molecule has 2 aliphatic rings. The van der Waals surface area contributed by atoms with Crippen LogP contribution in [0.25, 0.3) is 0 Å². The van der Waals surface area contributed by atoms with Crippen LogP contribution in [-0.2, 0) is 0 Å². The predicted octanol–water partition coefficient (Wildman–Crippen LogP) is 14.2. The number of hydrogen-bond donors (Lipinski definition) is 0. The third-order valence-corrected chi connectivity index (χ3v) is 11.9. The molecule has 54 heavy (non-hydrogen) atoms. The van der Waals surface area contributed by atoms with Crippen molar-refractivity contribution in [3.05, 3.63) is 47.5 Å². The molecular formula is C46H70F4O4. The molecule has 0 heterocycles. The van der Waals surface area contributed by atoms with Crippen LogP contribution < -0.4 is 18.9 Å². The van der Waals surface area contributed by atoms with E-state index >= 15 is 0 Å². The fourth-order valence-corrected chi connectivity index (χ4v) is 7.99. The zero-order valence-corrected chi connectivity index (χ0v) is 33.7. The molecule has 0 spiro atoms. The van der Waals surface area contributed by atoms with Gasteiger partial charge in [0.25, 0.3) is 0 Å². The molecule has 0 aliphatic heterocycles. The minimum absolute atomic E-state index is 0.0228. The maximum atomic E-state index is 14.6. The standard InChI is InChI=1S/C46H70F4O4/c1-34(16-12-8-4-6-10-14-30-51-39-26-28-41(45(49)43(39)47)53-32-37-22-18-35(2)19-23-37)17-13-9-5-7-11-15-31-52-40-27-29-42(46(50)44(40)48)54-33-38-24-20-36(3)21-25-38/h26-29,34-38H,4-25,30-33H2,1-3H3. The smallest absolute Gasteiger partial charge is 0.204 e. The Balaban J connectivity index is 0.921. The van der Waals surface area contributed by atoms with Crippen molar-refractivity contribution < 1.29 is 36.5 Å². The van der Waals surface area contributed by atoms with Crippen molar-refractivity contribution in [2.75, 3.05) is 26.4 Å². The molecule has 2 aliphatic carbocycles. The van der Waals surface area contributed by atoms with Gasteiger partial charge in [-0.2, -0.15) is 17.6 Å². The summed E-state index contributed by atoms with van der Waals surface area (Å²) in [5.41, 5.74) is 0. The second-order valence-corrected chi connectivity index (χ2v) is 16.9. The van der Waals surface area contributed by atoms with Gasteiger partial charge in [-0.05, 0) is 92.4 Å². The highest BCUT2D eigenvalue weighted by atomic mass is 19.2. The van der Waals surface area contributed by atoms with Gasteiger partial charge in [-0.25, -0.2) is 0 Å². The molecule has 0 saturated heterocycles. The molecule has 0 atom stereocenters. The number of benzene rings is 2. The zero-order valence-electron chi connectivity index (χ0n) is 33.7. The van der Waals surface area contributed by atoms with Crippen LogP contribution >= 0.6 is 0 Å². The van der Waals surface area contributed by atoms with Gasteiger partial charge in [0.2, 0.25) is 23.3 Å². The predicted molar refractivity (Wildman–Crippen MR) is 211 cm³/mol. The van der Waals surface area contributed by atoms with Gasteiger partial charge in [0.1, 0.15) is 0 Å². The fourth-order valence-electron chi connectivity index (χ4n) is 7.99. The fraction of sp³-hybridized carbons (Fsp3) is 0.739. The molecule has 0 bridgehead atoms. The van der Waals surface area contributed by atoms with E-state index in [2.05, 4.69) is 20.8 Å². The third-order valence-electron chi connectivity index (χ3n) is 11.9. The summed E-state index contributed by atoms with van der Waals surface area (Å²) in [5.74, 6) is -0.891. The Bertz CT molecular complexity index is 1220. The minimum Gasteiger partial charge on any atom is -0.490 e. The number of ether oxygens (including phenoxy) is 4. The summed E-state index contributed by atoms with van der Waals surface area (Å²) in [6.45, 7) is 8.51. The lowest BCUT2D eigenvalue weighted by atomic mass is 9.83. The molecular weight excluding hydrogens is 692 g/mol. The lowest BCUT2D eigenvalue weighted by Crippen LogP contribution is -2.19. The van der Waals surface area contributed by atoms with E-state index in [9.17, 15) is 17.6 Å². The molecule has 306 valence electrons. The van der Waals surface area contributed by atoms with Crippen LogP contribution in [0.4, 0.5) is 17.6 Å². The van der Waals surface area contributed by atoms with Gasteiger partial charge in [-0.1, -0.05) is 124 Å². The van der Waals surface area contributed by atoms with E-state index in [-0.39, 0.29) is 23.0 Å². The van der Waals surface area contributed by atoms with Crippen molar-refractivity contribution in [2.24, 2.45) is 29.6 Å². The van der Waals surface area contributed by atoms with Crippen LogP contribution in [0.2, 0.25) is 0 Å². The summed E-state index contributed by atoms with van der Waals surface area (Å²) in [6, 6.07) is 5.95. The molecule has 0 aromatic heterocycles. The second kappa shape index (κ2) is 24.8. The van der Waals surface area contributed by atoms with E-state index in [1.807, 2.05) is 0 Å². The highest BCUT2D eigenvalue weighted by Gasteiger charge is 2.23. The van der Waals surface area contributed by atoms with E-state index in [0.717, 1.165) is 82.0 Å². The van der Waals surface area contributed by atoms with E-state index in [0.29, 0.717) is 38.3 Å². The van der Waals surface area contributed by atoms with Crippen molar-refractivity contribution in [3.63, 3.8) is 0 Å². The van der Waals surface area contributed by atoms with Gasteiger partial charge in [-0.3, -0.25) is 0 Å². The van der Waals surface area contributed by atoms with Gasteiger partial charge in [0.05, 0.1) is 26.4 Å². The average Bonchev–Trinajstić information content (AvgIpc) is 3.17. The number of rotatable bonds is 26. The lowest BCUT2D eigenvalue weighted by molar-refractivity contribution is 0.181. The first-order valence-electron chi connectivity index (χ1n) is 21.7. The minimum atomic E-state index is -0.957. The first-order valence-corrected chi connectivity index (χ1v) is 21.7. The van der Waals surface area contributed by atoms with Gasteiger partial charge in [0, 0.05) is 0 Å². The van der Waals surface area contributed by atoms with Crippen LogP contribution in [0.15, 0.2) is 24.3 Å². The zero-order chi connectivity index (χ0) is 38.5. The topological polar surface area (TPSA) is 36.9 Å². The monoisotopic (exact) mass is 763 g/mol. The molecule has 2 aromatic rings. The maximum absolute atomic E-state index is 14.6. The van der Waals surface area contributed by atoms with Gasteiger partial charge < -0.3 is 18.9 Å². The summed E-state index contributed by atoms with van der Waals surface area (Å²) in [4.78, 5) is 0. The normalized spacial score (nSPS) is 20.8. The van der Waals surface area contributed by atoms with Crippen LogP contribution in [0.3, 0.4) is 0 Å². The summed E-state index contributed by atoms with van der Waals surface area (Å²) in [7, 11) is 0. The molecule has 4 nitrogen and oxygen atoms in total. The molecule has 2 saturated carbocycles. The van der Waals surface area contributed by atoms with Crippen molar-refractivity contribution in [1.29, 1.82) is 0 Å². The number of unbranched alkanes of at least 4 members (excludes halogenated alkanes) is 10. The summed E-state index contributed by atoms with van der Waals surface area (Å²) in [5, 5.41) is 0. The molecule has 2 fully saturated rings. The third kappa shape index (κ3) is 15.8. The van der Waals surface area contributed by atoms with E-state index in [1.54, 1.807) is 0 Å². The van der Waals surface area contributed by atoms with E-state index in [4.69, 9.17) is 18.9 Å². The number of hydrogen-bond acceptors (Lipinski definition) is 4. The van der Waals surface area contributed by atoms with Gasteiger partial charge in [-0.15, -0.1) is 0 Å². The van der Waals surface area contributed by atoms with E-state index in [1.165, 1.54) is 101 Å². The maximum Gasteiger partial charge on any atom is 0.204 e. The van der Waals surface area contributed by atoms with Crippen LogP contribution in [0.1, 0.15) is 162 Å². The molecule has 0 radical (unpaired) electrons. The average molecular weight is 763 g/mol. The first-order chi connectivity index (χ1) is 26.2. The van der Waals surface area contributed by atoms with Crippen LogP contribution in [-0.4, -0.2) is 26.4 Å². The first kappa shape index (κ1) is 44.1. The Morgan fingerprint density at radius 3 is 1.09 bits per heavy atom. The van der Waals surface area contributed by atoms with Crippen molar-refractivity contribution in [1.82, 2.24) is 0 Å². The van der Waals surface area contributed by atoms with Crippen molar-refractivity contribution in [2.45, 2.75) is 162 Å². The Labute approximate surface area is 324 Å². The summed E-state index contributed by atoms with van der Waals surface area (Å²) >= 11 is 0. The van der Waals surface area contributed by atoms with Gasteiger partial charge >= 0.3 is 0 Å². The van der Waals surface area contributed by atoms with E-state index < -0.39 is 23.3 Å². The number of halogens is 4. The lowest BCUT2D eigenvalue weighted by Gasteiger charge is -2.26. The summed E-state index contributed by atoms with van der Waals surface area (Å²) < 4.78 is 80.6.